The summed E-state index contributed by atoms with van der Waals surface area (Å²) in [4.78, 5) is 12.1. The van der Waals surface area contributed by atoms with Crippen molar-refractivity contribution < 1.29 is 4.79 Å². The number of Topliss-reactive ketones (excluding diaryl/α,β-unsaturated/α-hetero) is 1. The second-order valence-electron chi connectivity index (χ2n) is 7.09. The summed E-state index contributed by atoms with van der Waals surface area (Å²) < 4.78 is 0. The monoisotopic (exact) mass is 279 g/mol. The Morgan fingerprint density at radius 3 is 2.20 bits per heavy atom. The molecule has 2 saturated heterocycles. The maximum absolute atomic E-state index is 12.1. The number of hydrogen-bond acceptors (Lipinski definition) is 2. The first-order valence-corrected chi connectivity index (χ1v) is 9.05. The lowest BCUT2D eigenvalue weighted by atomic mass is 9.87. The molecular formula is C18H33NO. The van der Waals surface area contributed by atoms with E-state index in [1.54, 1.807) is 0 Å². The molecule has 20 heavy (non-hydrogen) atoms. The molecule has 0 aromatic carbocycles. The number of hydrogen-bond donors (Lipinski definition) is 1. The lowest BCUT2D eigenvalue weighted by molar-refractivity contribution is -0.120. The summed E-state index contributed by atoms with van der Waals surface area (Å²) in [5, 5.41) is 3.66. The summed E-state index contributed by atoms with van der Waals surface area (Å²) in [5.74, 6) is 1.22. The van der Waals surface area contributed by atoms with Crippen molar-refractivity contribution in [1.29, 1.82) is 0 Å². The number of carbonyl (C=O) groups is 1. The summed E-state index contributed by atoms with van der Waals surface area (Å²) in [7, 11) is 0. The van der Waals surface area contributed by atoms with Crippen LogP contribution in [0.15, 0.2) is 0 Å². The van der Waals surface area contributed by atoms with E-state index >= 15 is 0 Å². The van der Waals surface area contributed by atoms with E-state index in [1.165, 1.54) is 64.2 Å². The summed E-state index contributed by atoms with van der Waals surface area (Å²) in [6, 6.07) is 1.45. The van der Waals surface area contributed by atoms with Crippen molar-refractivity contribution in [2.45, 2.75) is 102 Å². The normalized spacial score (nSPS) is 28.8. The van der Waals surface area contributed by atoms with Gasteiger partial charge in [0.15, 0.2) is 0 Å². The van der Waals surface area contributed by atoms with Crippen molar-refractivity contribution in [3.63, 3.8) is 0 Å². The molecule has 2 aliphatic rings. The highest BCUT2D eigenvalue weighted by molar-refractivity contribution is 5.78. The van der Waals surface area contributed by atoms with Crippen LogP contribution in [0.4, 0.5) is 0 Å². The van der Waals surface area contributed by atoms with E-state index in [9.17, 15) is 4.79 Å². The lowest BCUT2D eigenvalue weighted by Gasteiger charge is -2.28. The van der Waals surface area contributed by atoms with Crippen molar-refractivity contribution in [3.8, 4) is 0 Å². The van der Waals surface area contributed by atoms with Crippen LogP contribution in [-0.4, -0.2) is 17.9 Å². The minimum atomic E-state index is 0.532. The molecule has 2 bridgehead atoms. The molecule has 1 N–H and O–H groups in total. The highest BCUT2D eigenvalue weighted by Crippen LogP contribution is 2.33. The topological polar surface area (TPSA) is 29.1 Å². The standard InChI is InChI=1S/C18H33NO/c1-2-3-4-5-6-7-8-9-18(20)14-15-12-16-10-11-17(13-15)19-16/h15-17,19H,2-14H2,1H3. The summed E-state index contributed by atoms with van der Waals surface area (Å²) in [6.45, 7) is 2.26. The number of ketones is 1. The Balaban J connectivity index is 1.48. The number of nitrogens with one attached hydrogen (secondary N) is 1. The van der Waals surface area contributed by atoms with Crippen molar-refractivity contribution in [2.75, 3.05) is 0 Å². The van der Waals surface area contributed by atoms with Crippen molar-refractivity contribution in [2.24, 2.45) is 5.92 Å². The van der Waals surface area contributed by atoms with Gasteiger partial charge in [-0.1, -0.05) is 45.4 Å². The lowest BCUT2D eigenvalue weighted by Crippen LogP contribution is -2.38. The molecule has 0 radical (unpaired) electrons. The Morgan fingerprint density at radius 2 is 1.55 bits per heavy atom. The highest BCUT2D eigenvalue weighted by atomic mass is 16.1. The van der Waals surface area contributed by atoms with Gasteiger partial charge in [-0.05, 0) is 38.0 Å². The van der Waals surface area contributed by atoms with E-state index < -0.39 is 0 Å². The Hall–Kier alpha value is -0.370. The van der Waals surface area contributed by atoms with Gasteiger partial charge in [0, 0.05) is 24.9 Å². The van der Waals surface area contributed by atoms with Gasteiger partial charge in [-0.2, -0.15) is 0 Å². The fourth-order valence-corrected chi connectivity index (χ4v) is 4.05. The van der Waals surface area contributed by atoms with Gasteiger partial charge >= 0.3 is 0 Å². The average molecular weight is 279 g/mol. The number of fused-ring (bicyclic) bond motifs is 2. The zero-order chi connectivity index (χ0) is 14.2. The van der Waals surface area contributed by atoms with Crippen LogP contribution in [0.25, 0.3) is 0 Å². The smallest absolute Gasteiger partial charge is 0.133 e. The predicted octanol–water partition coefficient (Wildman–Crippen LogP) is 4.62. The van der Waals surface area contributed by atoms with E-state index in [1.807, 2.05) is 0 Å². The third kappa shape index (κ3) is 5.55. The molecule has 0 spiro atoms. The molecular weight excluding hydrogens is 246 g/mol. The average Bonchev–Trinajstić information content (AvgIpc) is 2.77. The van der Waals surface area contributed by atoms with Crippen molar-refractivity contribution >= 4 is 5.78 Å². The highest BCUT2D eigenvalue weighted by Gasteiger charge is 2.33. The first kappa shape index (κ1) is 16.0. The van der Waals surface area contributed by atoms with Crippen LogP contribution in [0.2, 0.25) is 0 Å². The minimum absolute atomic E-state index is 0.532. The van der Waals surface area contributed by atoms with Gasteiger partial charge in [-0.3, -0.25) is 4.79 Å². The number of rotatable bonds is 10. The van der Waals surface area contributed by atoms with Crippen LogP contribution in [0, 0.1) is 5.92 Å². The number of carbonyl (C=O) groups excluding carboxylic acids is 1. The fourth-order valence-electron chi connectivity index (χ4n) is 4.05. The quantitative estimate of drug-likeness (QED) is 0.591. The molecule has 116 valence electrons. The first-order chi connectivity index (χ1) is 9.78. The minimum Gasteiger partial charge on any atom is -0.311 e. The van der Waals surface area contributed by atoms with Gasteiger partial charge in [0.2, 0.25) is 0 Å². The van der Waals surface area contributed by atoms with E-state index in [2.05, 4.69) is 12.2 Å². The van der Waals surface area contributed by atoms with Crippen LogP contribution >= 0.6 is 0 Å². The van der Waals surface area contributed by atoms with Crippen LogP contribution < -0.4 is 5.32 Å². The van der Waals surface area contributed by atoms with Gasteiger partial charge < -0.3 is 5.32 Å². The number of unbranched alkanes of at least 4 members (excludes halogenated alkanes) is 6. The van der Waals surface area contributed by atoms with Crippen LogP contribution in [0.5, 0.6) is 0 Å². The maximum atomic E-state index is 12.1. The third-order valence-electron chi connectivity index (χ3n) is 5.15. The fraction of sp³-hybridized carbons (Fsp3) is 0.944. The van der Waals surface area contributed by atoms with Crippen LogP contribution in [0.3, 0.4) is 0 Å². The molecule has 2 heterocycles. The van der Waals surface area contributed by atoms with E-state index in [0.29, 0.717) is 11.7 Å². The van der Waals surface area contributed by atoms with Gasteiger partial charge in [0.05, 0.1) is 0 Å². The van der Waals surface area contributed by atoms with E-state index in [4.69, 9.17) is 0 Å². The Bertz CT molecular complexity index is 277. The molecule has 0 aromatic rings. The zero-order valence-corrected chi connectivity index (χ0v) is 13.3. The van der Waals surface area contributed by atoms with Crippen LogP contribution in [0.1, 0.15) is 90.4 Å². The Morgan fingerprint density at radius 1 is 0.950 bits per heavy atom. The SMILES string of the molecule is CCCCCCCCCC(=O)CC1CC2CCC(C1)N2. The summed E-state index contributed by atoms with van der Waals surface area (Å²) in [6.07, 6.45) is 16.0. The molecule has 0 amide bonds. The molecule has 2 fully saturated rings. The Kier molecular flexibility index (Phi) is 7.06. The van der Waals surface area contributed by atoms with Crippen molar-refractivity contribution in [3.05, 3.63) is 0 Å². The van der Waals surface area contributed by atoms with Gasteiger partial charge in [0.25, 0.3) is 0 Å². The van der Waals surface area contributed by atoms with Gasteiger partial charge in [-0.25, -0.2) is 0 Å². The molecule has 2 unspecified atom stereocenters. The first-order valence-electron chi connectivity index (χ1n) is 9.05. The summed E-state index contributed by atoms with van der Waals surface area (Å²) >= 11 is 0. The molecule has 2 heteroatoms. The molecule has 2 rings (SSSR count). The van der Waals surface area contributed by atoms with Crippen LogP contribution in [-0.2, 0) is 4.79 Å². The second kappa shape index (κ2) is 8.81. The largest absolute Gasteiger partial charge is 0.311 e. The maximum Gasteiger partial charge on any atom is 0.133 e. The second-order valence-corrected chi connectivity index (χ2v) is 7.09. The zero-order valence-electron chi connectivity index (χ0n) is 13.3. The molecule has 2 nitrogen and oxygen atoms in total. The molecule has 0 saturated carbocycles. The number of piperidine rings is 1. The molecule has 0 aromatic heterocycles. The molecule has 2 atom stereocenters. The van der Waals surface area contributed by atoms with Crippen molar-refractivity contribution in [1.82, 2.24) is 5.32 Å². The van der Waals surface area contributed by atoms with Gasteiger partial charge in [-0.15, -0.1) is 0 Å². The van der Waals surface area contributed by atoms with Gasteiger partial charge in [0.1, 0.15) is 5.78 Å². The molecule has 0 aliphatic carbocycles. The third-order valence-corrected chi connectivity index (χ3v) is 5.15. The molecule has 2 aliphatic heterocycles. The Labute approximate surface area is 125 Å². The summed E-state index contributed by atoms with van der Waals surface area (Å²) in [5.41, 5.74) is 0. The van der Waals surface area contributed by atoms with E-state index in [-0.39, 0.29) is 0 Å². The predicted molar refractivity (Wildman–Crippen MR) is 84.9 cm³/mol. The van der Waals surface area contributed by atoms with E-state index in [0.717, 1.165) is 31.3 Å².